The lowest BCUT2D eigenvalue weighted by atomic mass is 10.2. The van der Waals surface area contributed by atoms with E-state index in [0.717, 1.165) is 27.8 Å². The van der Waals surface area contributed by atoms with E-state index in [1.54, 1.807) is 19.1 Å². The van der Waals surface area contributed by atoms with Crippen LogP contribution in [0.5, 0.6) is 0 Å². The number of amides is 1. The van der Waals surface area contributed by atoms with Gasteiger partial charge in [-0.1, -0.05) is 24.3 Å². The Labute approximate surface area is 198 Å². The number of rotatable bonds is 7. The maximum absolute atomic E-state index is 13.3. The molecule has 0 radical (unpaired) electrons. The number of hydrogen-bond donors (Lipinski definition) is 1. The Morgan fingerprint density at radius 3 is 2.52 bits per heavy atom. The lowest BCUT2D eigenvalue weighted by Gasteiger charge is -2.18. The van der Waals surface area contributed by atoms with Crippen molar-refractivity contribution in [3.8, 4) is 10.6 Å². The van der Waals surface area contributed by atoms with Crippen LogP contribution in [0.25, 0.3) is 20.8 Å². The highest BCUT2D eigenvalue weighted by atomic mass is 32.2. The largest absolute Gasteiger partial charge is 0.480 e. The number of para-hydroxylation sites is 1. The number of aryl methyl sites for hydroxylation is 1. The predicted molar refractivity (Wildman–Crippen MR) is 127 cm³/mol. The summed E-state index contributed by atoms with van der Waals surface area (Å²) in [5.74, 6) is -1.59. The van der Waals surface area contributed by atoms with Crippen LogP contribution in [0.2, 0.25) is 0 Å². The molecule has 1 N–H and O–H groups in total. The third-order valence-corrected chi connectivity index (χ3v) is 8.10. The average Bonchev–Trinajstić information content (AvgIpc) is 3.35. The zero-order valence-electron chi connectivity index (χ0n) is 17.7. The molecule has 8 nitrogen and oxygen atoms in total. The summed E-state index contributed by atoms with van der Waals surface area (Å²) in [7, 11) is -3.40. The van der Waals surface area contributed by atoms with Crippen LogP contribution in [0.3, 0.4) is 0 Å². The first-order valence-corrected chi connectivity index (χ1v) is 13.3. The highest BCUT2D eigenvalue weighted by Gasteiger charge is 2.25. The SMILES string of the molecule is Cc1nc(-c2cccc(S(C)(=O)=O)c2)sc1C(=O)N(CC(=O)O)Cc1nc2ccccc2s1. The van der Waals surface area contributed by atoms with Crippen molar-refractivity contribution in [2.45, 2.75) is 18.4 Å². The molecular formula is C22H19N3O5S3. The van der Waals surface area contributed by atoms with Crippen LogP contribution < -0.4 is 0 Å². The van der Waals surface area contributed by atoms with Crippen molar-refractivity contribution in [2.24, 2.45) is 0 Å². The fraction of sp³-hybridized carbons (Fsp3) is 0.182. The molecule has 2 heterocycles. The molecule has 1 amide bonds. The fourth-order valence-electron chi connectivity index (χ4n) is 3.24. The lowest BCUT2D eigenvalue weighted by molar-refractivity contribution is -0.137. The minimum absolute atomic E-state index is 0.0563. The molecule has 0 saturated heterocycles. The van der Waals surface area contributed by atoms with Gasteiger partial charge in [-0.2, -0.15) is 0 Å². The molecule has 0 saturated carbocycles. The summed E-state index contributed by atoms with van der Waals surface area (Å²) in [6.45, 7) is 1.25. The molecule has 0 aliphatic rings. The molecule has 33 heavy (non-hydrogen) atoms. The number of fused-ring (bicyclic) bond motifs is 1. The maximum Gasteiger partial charge on any atom is 0.323 e. The highest BCUT2D eigenvalue weighted by Crippen LogP contribution is 2.31. The number of aromatic nitrogens is 2. The first-order valence-electron chi connectivity index (χ1n) is 9.75. The number of sulfone groups is 1. The van der Waals surface area contributed by atoms with Crippen molar-refractivity contribution in [1.29, 1.82) is 0 Å². The second-order valence-electron chi connectivity index (χ2n) is 7.36. The summed E-state index contributed by atoms with van der Waals surface area (Å²) in [4.78, 5) is 35.4. The standard InChI is InChI=1S/C22H19N3O5S3/c1-13-20(32-21(23-13)14-6-5-7-15(10-14)33(2,29)30)22(28)25(12-19(26)27)11-18-24-16-8-3-4-9-17(16)31-18/h3-10H,11-12H2,1-2H3,(H,26,27). The van der Waals surface area contributed by atoms with Gasteiger partial charge in [0.2, 0.25) is 0 Å². The second kappa shape index (κ2) is 9.00. The molecule has 0 spiro atoms. The van der Waals surface area contributed by atoms with Gasteiger partial charge in [-0.25, -0.2) is 18.4 Å². The van der Waals surface area contributed by atoms with Crippen molar-refractivity contribution in [2.75, 3.05) is 12.8 Å². The van der Waals surface area contributed by atoms with Gasteiger partial charge in [0.05, 0.1) is 27.4 Å². The second-order valence-corrected chi connectivity index (χ2v) is 11.5. The molecule has 4 aromatic rings. The monoisotopic (exact) mass is 501 g/mol. The topological polar surface area (TPSA) is 118 Å². The van der Waals surface area contributed by atoms with Crippen molar-refractivity contribution in [3.63, 3.8) is 0 Å². The van der Waals surface area contributed by atoms with E-state index >= 15 is 0 Å². The normalized spacial score (nSPS) is 11.6. The van der Waals surface area contributed by atoms with E-state index in [9.17, 15) is 23.1 Å². The minimum atomic E-state index is -3.40. The van der Waals surface area contributed by atoms with E-state index in [4.69, 9.17) is 0 Å². The van der Waals surface area contributed by atoms with Gasteiger partial charge in [-0.05, 0) is 31.2 Å². The molecule has 11 heteroatoms. The summed E-state index contributed by atoms with van der Waals surface area (Å²) in [6.07, 6.45) is 1.12. The van der Waals surface area contributed by atoms with Crippen molar-refractivity contribution in [3.05, 3.63) is 64.1 Å². The highest BCUT2D eigenvalue weighted by molar-refractivity contribution is 7.90. The van der Waals surface area contributed by atoms with E-state index in [0.29, 0.717) is 26.1 Å². The molecule has 4 rings (SSSR count). The van der Waals surface area contributed by atoms with Crippen LogP contribution in [0.15, 0.2) is 53.4 Å². The number of carboxylic acid groups (broad SMARTS) is 1. The Balaban J connectivity index is 1.65. The van der Waals surface area contributed by atoms with E-state index in [-0.39, 0.29) is 11.4 Å². The van der Waals surface area contributed by atoms with Gasteiger partial charge in [-0.3, -0.25) is 9.59 Å². The molecule has 0 atom stereocenters. The van der Waals surface area contributed by atoms with Gasteiger partial charge in [0.15, 0.2) is 9.84 Å². The number of hydrogen-bond acceptors (Lipinski definition) is 8. The smallest absolute Gasteiger partial charge is 0.323 e. The van der Waals surface area contributed by atoms with E-state index in [2.05, 4.69) is 9.97 Å². The molecular weight excluding hydrogens is 482 g/mol. The van der Waals surface area contributed by atoms with Gasteiger partial charge in [0.25, 0.3) is 5.91 Å². The predicted octanol–water partition coefficient (Wildman–Crippen LogP) is 3.86. The summed E-state index contributed by atoms with van der Waals surface area (Å²) < 4.78 is 24.7. The summed E-state index contributed by atoms with van der Waals surface area (Å²) in [5, 5.41) is 10.5. The molecule has 2 aromatic heterocycles. The number of carbonyl (C=O) groups excluding carboxylic acids is 1. The summed E-state index contributed by atoms with van der Waals surface area (Å²) in [6, 6.07) is 13.9. The van der Waals surface area contributed by atoms with Gasteiger partial charge < -0.3 is 10.0 Å². The molecule has 0 unspecified atom stereocenters. The van der Waals surface area contributed by atoms with Gasteiger partial charge in [-0.15, -0.1) is 22.7 Å². The Kier molecular flexibility index (Phi) is 6.28. The average molecular weight is 502 g/mol. The minimum Gasteiger partial charge on any atom is -0.480 e. The molecule has 170 valence electrons. The number of benzene rings is 2. The number of carbonyl (C=O) groups is 2. The van der Waals surface area contributed by atoms with Crippen LogP contribution in [0.1, 0.15) is 20.4 Å². The fourth-order valence-corrected chi connectivity index (χ4v) is 5.92. The maximum atomic E-state index is 13.3. The lowest BCUT2D eigenvalue weighted by Crippen LogP contribution is -2.35. The van der Waals surface area contributed by atoms with Crippen LogP contribution >= 0.6 is 22.7 Å². The third kappa shape index (κ3) is 5.10. The molecule has 2 aromatic carbocycles. The summed E-state index contributed by atoms with van der Waals surface area (Å²) >= 11 is 2.51. The number of thiazole rings is 2. The quantitative estimate of drug-likeness (QED) is 0.409. The Hall–Kier alpha value is -3.15. The van der Waals surface area contributed by atoms with Gasteiger partial charge in [0, 0.05) is 11.8 Å². The number of nitrogens with zero attached hydrogens (tertiary/aromatic N) is 3. The molecule has 0 fully saturated rings. The van der Waals surface area contributed by atoms with E-state index in [1.165, 1.54) is 28.4 Å². The summed E-state index contributed by atoms with van der Waals surface area (Å²) in [5.41, 5.74) is 1.81. The zero-order valence-corrected chi connectivity index (χ0v) is 20.1. The van der Waals surface area contributed by atoms with Crippen LogP contribution in [-0.2, 0) is 21.2 Å². The van der Waals surface area contributed by atoms with Crippen molar-refractivity contribution in [1.82, 2.24) is 14.9 Å². The van der Waals surface area contributed by atoms with Crippen LogP contribution in [0, 0.1) is 6.92 Å². The van der Waals surface area contributed by atoms with E-state index in [1.807, 2.05) is 24.3 Å². The van der Waals surface area contributed by atoms with Crippen molar-refractivity contribution < 1.29 is 23.1 Å². The van der Waals surface area contributed by atoms with Gasteiger partial charge >= 0.3 is 5.97 Å². The van der Waals surface area contributed by atoms with Gasteiger partial charge in [0.1, 0.15) is 21.4 Å². The molecule has 0 aliphatic carbocycles. The van der Waals surface area contributed by atoms with Crippen LogP contribution in [0.4, 0.5) is 0 Å². The first-order chi connectivity index (χ1) is 15.6. The zero-order chi connectivity index (χ0) is 23.8. The number of aliphatic carboxylic acids is 1. The Morgan fingerprint density at radius 2 is 1.82 bits per heavy atom. The van der Waals surface area contributed by atoms with Crippen LogP contribution in [-0.4, -0.2) is 53.1 Å². The number of carboxylic acids is 1. The van der Waals surface area contributed by atoms with Crippen molar-refractivity contribution >= 4 is 54.6 Å². The molecule has 0 aliphatic heterocycles. The third-order valence-electron chi connectivity index (χ3n) is 4.78. The first kappa shape index (κ1) is 23.0. The Bertz CT molecular complexity index is 1440. The molecule has 0 bridgehead atoms. The van der Waals surface area contributed by atoms with E-state index < -0.39 is 28.3 Å². The Morgan fingerprint density at radius 1 is 1.06 bits per heavy atom.